The summed E-state index contributed by atoms with van der Waals surface area (Å²) in [5, 5.41) is 0. The van der Waals surface area contributed by atoms with Gasteiger partial charge < -0.3 is 0 Å². The third-order valence-corrected chi connectivity index (χ3v) is 5.51. The number of hydrogen-bond acceptors (Lipinski definition) is 6. The fourth-order valence-corrected chi connectivity index (χ4v) is 4.02. The molecular weight excluding hydrogens is 274 g/mol. The van der Waals surface area contributed by atoms with E-state index in [0.29, 0.717) is 24.5 Å². The fourth-order valence-electron chi connectivity index (χ4n) is 1.78. The van der Waals surface area contributed by atoms with E-state index in [2.05, 4.69) is 10.3 Å². The maximum Gasteiger partial charge on any atom is 0.275 e. The number of nitrogens with zero attached hydrogens (tertiary/aromatic N) is 1. The predicted molar refractivity (Wildman–Crippen MR) is 69.9 cm³/mol. The zero-order chi connectivity index (χ0) is 13.2. The molecule has 1 aromatic rings. The quantitative estimate of drug-likeness (QED) is 0.448. The summed E-state index contributed by atoms with van der Waals surface area (Å²) in [7, 11) is -2.84. The molecular formula is C10H15N3O3S2. The highest BCUT2D eigenvalue weighted by Gasteiger charge is 2.22. The Morgan fingerprint density at radius 1 is 1.39 bits per heavy atom. The monoisotopic (exact) mass is 289 g/mol. The number of carbonyl (C=O) groups excluding carboxylic acids is 1. The Bertz CT molecular complexity index is 524. The molecule has 0 bridgehead atoms. The van der Waals surface area contributed by atoms with E-state index in [1.807, 2.05) is 6.07 Å². The standard InChI is InChI=1S/C10H15N3O3S2/c11-12-10(14)9-2-1-8(17-9)7-13-3-5-18(15,16)6-4-13/h1-2H,3-7,11H2,(H,12,14). The van der Waals surface area contributed by atoms with Gasteiger partial charge >= 0.3 is 0 Å². The summed E-state index contributed by atoms with van der Waals surface area (Å²) in [5.74, 6) is 5.19. The molecule has 0 aliphatic carbocycles. The van der Waals surface area contributed by atoms with Crippen molar-refractivity contribution in [3.63, 3.8) is 0 Å². The number of nitrogen functional groups attached to an aromatic ring is 1. The van der Waals surface area contributed by atoms with Crippen LogP contribution in [0.4, 0.5) is 0 Å². The molecule has 0 radical (unpaired) electrons. The van der Waals surface area contributed by atoms with Crippen LogP contribution in [-0.4, -0.2) is 43.8 Å². The fraction of sp³-hybridized carbons (Fsp3) is 0.500. The zero-order valence-electron chi connectivity index (χ0n) is 9.76. The van der Waals surface area contributed by atoms with Crippen molar-refractivity contribution in [2.75, 3.05) is 24.6 Å². The van der Waals surface area contributed by atoms with Gasteiger partial charge in [0.1, 0.15) is 0 Å². The van der Waals surface area contributed by atoms with Crippen molar-refractivity contribution in [1.82, 2.24) is 10.3 Å². The molecule has 1 saturated heterocycles. The van der Waals surface area contributed by atoms with Gasteiger partial charge in [-0.25, -0.2) is 14.3 Å². The summed E-state index contributed by atoms with van der Waals surface area (Å²) in [6, 6.07) is 3.60. The molecule has 0 saturated carbocycles. The lowest BCUT2D eigenvalue weighted by Gasteiger charge is -2.25. The van der Waals surface area contributed by atoms with Gasteiger partial charge in [0, 0.05) is 24.5 Å². The van der Waals surface area contributed by atoms with Crippen molar-refractivity contribution in [2.45, 2.75) is 6.54 Å². The summed E-state index contributed by atoms with van der Waals surface area (Å²) in [6.07, 6.45) is 0. The van der Waals surface area contributed by atoms with Crippen molar-refractivity contribution < 1.29 is 13.2 Å². The first kappa shape index (κ1) is 13.5. The number of hydrogen-bond donors (Lipinski definition) is 2. The third kappa shape index (κ3) is 3.29. The Hall–Kier alpha value is -0.960. The van der Waals surface area contributed by atoms with E-state index in [4.69, 9.17) is 5.84 Å². The van der Waals surface area contributed by atoms with Crippen LogP contribution < -0.4 is 11.3 Å². The van der Waals surface area contributed by atoms with E-state index in [-0.39, 0.29) is 17.4 Å². The second-order valence-electron chi connectivity index (χ2n) is 4.17. The maximum absolute atomic E-state index is 11.3. The molecule has 3 N–H and O–H groups in total. The third-order valence-electron chi connectivity index (χ3n) is 2.83. The highest BCUT2D eigenvalue weighted by molar-refractivity contribution is 7.91. The molecule has 0 unspecified atom stereocenters. The number of thiophene rings is 1. The molecule has 6 nitrogen and oxygen atoms in total. The van der Waals surface area contributed by atoms with E-state index >= 15 is 0 Å². The Balaban J connectivity index is 1.94. The van der Waals surface area contributed by atoms with E-state index in [1.54, 1.807) is 6.07 Å². The number of hydrazine groups is 1. The van der Waals surface area contributed by atoms with Crippen LogP contribution in [-0.2, 0) is 16.4 Å². The summed E-state index contributed by atoms with van der Waals surface area (Å²) in [5.41, 5.74) is 2.09. The van der Waals surface area contributed by atoms with Crippen molar-refractivity contribution in [3.05, 3.63) is 21.9 Å². The molecule has 1 fully saturated rings. The number of carbonyl (C=O) groups is 1. The molecule has 1 amide bonds. The van der Waals surface area contributed by atoms with Gasteiger partial charge in [-0.05, 0) is 12.1 Å². The molecule has 2 heterocycles. The highest BCUT2D eigenvalue weighted by atomic mass is 32.2. The number of rotatable bonds is 3. The van der Waals surface area contributed by atoms with Crippen molar-refractivity contribution >= 4 is 27.1 Å². The number of nitrogens with two attached hydrogens (primary N) is 1. The normalized spacial score (nSPS) is 19.6. The summed E-state index contributed by atoms with van der Waals surface area (Å²) >= 11 is 1.38. The summed E-state index contributed by atoms with van der Waals surface area (Å²) in [6.45, 7) is 1.79. The van der Waals surface area contributed by atoms with E-state index in [9.17, 15) is 13.2 Å². The average molecular weight is 289 g/mol. The molecule has 0 aromatic carbocycles. The topological polar surface area (TPSA) is 92.5 Å². The Kier molecular flexibility index (Phi) is 4.00. The molecule has 1 aromatic heterocycles. The van der Waals surface area contributed by atoms with E-state index in [0.717, 1.165) is 4.88 Å². The molecule has 0 atom stereocenters. The number of nitrogens with one attached hydrogen (secondary N) is 1. The average Bonchev–Trinajstić information content (AvgIpc) is 2.79. The van der Waals surface area contributed by atoms with Gasteiger partial charge in [-0.15, -0.1) is 11.3 Å². The van der Waals surface area contributed by atoms with Crippen LogP contribution in [0.5, 0.6) is 0 Å². The maximum atomic E-state index is 11.3. The van der Waals surface area contributed by atoms with Crippen LogP contribution in [0.3, 0.4) is 0 Å². The van der Waals surface area contributed by atoms with Crippen LogP contribution in [0, 0.1) is 0 Å². The number of amides is 1. The first-order valence-corrected chi connectivity index (χ1v) is 8.16. The first-order valence-electron chi connectivity index (χ1n) is 5.52. The second kappa shape index (κ2) is 5.35. The van der Waals surface area contributed by atoms with Crippen LogP contribution in [0.1, 0.15) is 14.5 Å². The lowest BCUT2D eigenvalue weighted by Crippen LogP contribution is -2.39. The van der Waals surface area contributed by atoms with E-state index < -0.39 is 9.84 Å². The molecule has 1 aliphatic heterocycles. The van der Waals surface area contributed by atoms with Crippen LogP contribution >= 0.6 is 11.3 Å². The molecule has 0 spiro atoms. The van der Waals surface area contributed by atoms with Gasteiger partial charge in [-0.2, -0.15) is 0 Å². The second-order valence-corrected chi connectivity index (χ2v) is 7.64. The largest absolute Gasteiger partial charge is 0.296 e. The lowest BCUT2D eigenvalue weighted by atomic mass is 10.4. The van der Waals surface area contributed by atoms with E-state index in [1.165, 1.54) is 11.3 Å². The molecule has 100 valence electrons. The van der Waals surface area contributed by atoms with Crippen LogP contribution in [0.15, 0.2) is 12.1 Å². The zero-order valence-corrected chi connectivity index (χ0v) is 11.4. The minimum absolute atomic E-state index is 0.217. The van der Waals surface area contributed by atoms with Crippen molar-refractivity contribution in [2.24, 2.45) is 5.84 Å². The summed E-state index contributed by atoms with van der Waals surface area (Å²) in [4.78, 5) is 15.0. The SMILES string of the molecule is NNC(=O)c1ccc(CN2CCS(=O)(=O)CC2)s1. The smallest absolute Gasteiger partial charge is 0.275 e. The minimum Gasteiger partial charge on any atom is -0.296 e. The van der Waals surface area contributed by atoms with Gasteiger partial charge in [-0.1, -0.05) is 0 Å². The highest BCUT2D eigenvalue weighted by Crippen LogP contribution is 2.19. The van der Waals surface area contributed by atoms with Crippen LogP contribution in [0.2, 0.25) is 0 Å². The molecule has 18 heavy (non-hydrogen) atoms. The van der Waals surface area contributed by atoms with Crippen molar-refractivity contribution in [3.8, 4) is 0 Å². The molecule has 8 heteroatoms. The Morgan fingerprint density at radius 2 is 2.06 bits per heavy atom. The number of sulfone groups is 1. The minimum atomic E-state index is -2.84. The lowest BCUT2D eigenvalue weighted by molar-refractivity contribution is 0.0957. The van der Waals surface area contributed by atoms with Gasteiger partial charge in [0.15, 0.2) is 9.84 Å². The molecule has 2 rings (SSSR count). The molecule has 1 aliphatic rings. The van der Waals surface area contributed by atoms with Crippen LogP contribution in [0.25, 0.3) is 0 Å². The van der Waals surface area contributed by atoms with Crippen molar-refractivity contribution in [1.29, 1.82) is 0 Å². The summed E-state index contributed by atoms with van der Waals surface area (Å²) < 4.78 is 22.6. The van der Waals surface area contributed by atoms with Gasteiger partial charge in [0.2, 0.25) is 0 Å². The Labute approximate surface area is 110 Å². The first-order chi connectivity index (χ1) is 8.50. The van der Waals surface area contributed by atoms with Gasteiger partial charge in [0.25, 0.3) is 5.91 Å². The Morgan fingerprint density at radius 3 is 2.67 bits per heavy atom. The van der Waals surface area contributed by atoms with Gasteiger partial charge in [-0.3, -0.25) is 15.1 Å². The predicted octanol–water partition coefficient (Wildman–Crippen LogP) is -0.418. The van der Waals surface area contributed by atoms with Gasteiger partial charge in [0.05, 0.1) is 16.4 Å².